The fourth-order valence-electron chi connectivity index (χ4n) is 2.08. The molecule has 20 heavy (non-hydrogen) atoms. The first-order valence-corrected chi connectivity index (χ1v) is 7.19. The Morgan fingerprint density at radius 1 is 1.05 bits per heavy atom. The summed E-state index contributed by atoms with van der Waals surface area (Å²) in [7, 11) is 0. The molecule has 1 aromatic carbocycles. The van der Waals surface area contributed by atoms with Gasteiger partial charge in [-0.25, -0.2) is 0 Å². The minimum atomic E-state index is -1.28. The molecule has 0 saturated heterocycles. The Bertz CT molecular complexity index is 391. The third kappa shape index (κ3) is 5.41. The monoisotopic (exact) mass is 280 g/mol. The van der Waals surface area contributed by atoms with Gasteiger partial charge in [-0.15, -0.1) is 0 Å². The van der Waals surface area contributed by atoms with Gasteiger partial charge in [-0.05, 0) is 6.42 Å². The van der Waals surface area contributed by atoms with Crippen molar-refractivity contribution in [2.45, 2.75) is 57.3 Å². The predicted octanol–water partition coefficient (Wildman–Crippen LogP) is 1.92. The van der Waals surface area contributed by atoms with E-state index < -0.39 is 24.1 Å². The van der Waals surface area contributed by atoms with Crippen LogP contribution in [0.4, 0.5) is 0 Å². The van der Waals surface area contributed by atoms with E-state index in [-0.39, 0.29) is 6.42 Å². The smallest absolute Gasteiger partial charge is 0.191 e. The van der Waals surface area contributed by atoms with E-state index in [1.54, 1.807) is 30.3 Å². The molecule has 1 aromatic rings. The molecule has 0 fully saturated rings. The Hall–Kier alpha value is -1.23. The Labute approximate surface area is 120 Å². The maximum atomic E-state index is 11.9. The van der Waals surface area contributed by atoms with Crippen molar-refractivity contribution in [2.24, 2.45) is 0 Å². The highest BCUT2D eigenvalue weighted by Crippen LogP contribution is 2.13. The number of carbonyl (C=O) groups is 1. The summed E-state index contributed by atoms with van der Waals surface area (Å²) in [5, 5.41) is 29.4. The molecule has 3 N–H and O–H groups in total. The zero-order valence-electron chi connectivity index (χ0n) is 11.9. The standard InChI is InChI=1S/C16H24O4/c1-2-3-5-10-13(17)14(18)11-15(19)16(20)12-8-6-4-7-9-12/h4,6-9,13-15,17-19H,2-3,5,10-11H2,1H3. The third-order valence-corrected chi connectivity index (χ3v) is 3.37. The van der Waals surface area contributed by atoms with Crippen molar-refractivity contribution in [3.8, 4) is 0 Å². The van der Waals surface area contributed by atoms with Crippen LogP contribution in [-0.2, 0) is 0 Å². The first kappa shape index (κ1) is 16.8. The molecular formula is C16H24O4. The minimum Gasteiger partial charge on any atom is -0.390 e. The average molecular weight is 280 g/mol. The van der Waals surface area contributed by atoms with Gasteiger partial charge in [-0.1, -0.05) is 56.5 Å². The molecule has 4 heteroatoms. The summed E-state index contributed by atoms with van der Waals surface area (Å²) in [4.78, 5) is 11.9. The van der Waals surface area contributed by atoms with Crippen molar-refractivity contribution in [1.82, 2.24) is 0 Å². The molecule has 3 unspecified atom stereocenters. The summed E-state index contributed by atoms with van der Waals surface area (Å²) < 4.78 is 0. The molecule has 0 amide bonds. The van der Waals surface area contributed by atoms with Gasteiger partial charge in [0.05, 0.1) is 12.2 Å². The number of ketones is 1. The normalized spacial score (nSPS) is 15.6. The summed E-state index contributed by atoms with van der Waals surface area (Å²) in [6.45, 7) is 2.06. The minimum absolute atomic E-state index is 0.138. The van der Waals surface area contributed by atoms with Crippen molar-refractivity contribution in [3.05, 3.63) is 35.9 Å². The van der Waals surface area contributed by atoms with Crippen LogP contribution in [0.25, 0.3) is 0 Å². The van der Waals surface area contributed by atoms with Crippen LogP contribution < -0.4 is 0 Å². The molecule has 0 radical (unpaired) electrons. The van der Waals surface area contributed by atoms with Crippen molar-refractivity contribution in [2.75, 3.05) is 0 Å². The first-order valence-electron chi connectivity index (χ1n) is 7.19. The fraction of sp³-hybridized carbons (Fsp3) is 0.562. The predicted molar refractivity (Wildman–Crippen MR) is 77.6 cm³/mol. The molecule has 112 valence electrons. The zero-order chi connectivity index (χ0) is 15.0. The number of aliphatic hydroxyl groups is 3. The zero-order valence-corrected chi connectivity index (χ0v) is 11.9. The van der Waals surface area contributed by atoms with Crippen molar-refractivity contribution < 1.29 is 20.1 Å². The van der Waals surface area contributed by atoms with E-state index in [1.807, 2.05) is 0 Å². The lowest BCUT2D eigenvalue weighted by Gasteiger charge is -2.20. The summed E-state index contributed by atoms with van der Waals surface area (Å²) in [6, 6.07) is 8.46. The lowest BCUT2D eigenvalue weighted by atomic mass is 9.97. The van der Waals surface area contributed by atoms with E-state index >= 15 is 0 Å². The van der Waals surface area contributed by atoms with Crippen LogP contribution in [0.5, 0.6) is 0 Å². The molecule has 0 bridgehead atoms. The van der Waals surface area contributed by atoms with E-state index in [0.717, 1.165) is 19.3 Å². The Kier molecular flexibility index (Phi) is 7.44. The molecule has 0 aliphatic rings. The maximum absolute atomic E-state index is 11.9. The number of hydrogen-bond donors (Lipinski definition) is 3. The molecule has 0 heterocycles. The van der Waals surface area contributed by atoms with Crippen LogP contribution in [0.2, 0.25) is 0 Å². The molecule has 1 rings (SSSR count). The van der Waals surface area contributed by atoms with Gasteiger partial charge in [0, 0.05) is 12.0 Å². The SMILES string of the molecule is CCCCCC(O)C(O)CC(O)C(=O)c1ccccc1. The topological polar surface area (TPSA) is 77.8 Å². The fourth-order valence-corrected chi connectivity index (χ4v) is 2.08. The van der Waals surface area contributed by atoms with Gasteiger partial charge in [0.25, 0.3) is 0 Å². The van der Waals surface area contributed by atoms with Crippen molar-refractivity contribution in [1.29, 1.82) is 0 Å². The number of aliphatic hydroxyl groups excluding tert-OH is 3. The Morgan fingerprint density at radius 3 is 2.30 bits per heavy atom. The largest absolute Gasteiger partial charge is 0.390 e. The van der Waals surface area contributed by atoms with Crippen LogP contribution in [0.3, 0.4) is 0 Å². The first-order chi connectivity index (χ1) is 9.56. The second-order valence-electron chi connectivity index (χ2n) is 5.11. The average Bonchev–Trinajstić information content (AvgIpc) is 2.47. The maximum Gasteiger partial charge on any atom is 0.191 e. The van der Waals surface area contributed by atoms with E-state index in [9.17, 15) is 20.1 Å². The number of carbonyl (C=O) groups excluding carboxylic acids is 1. The van der Waals surface area contributed by atoms with Crippen LogP contribution in [0.15, 0.2) is 30.3 Å². The highest BCUT2D eigenvalue weighted by molar-refractivity contribution is 5.99. The Morgan fingerprint density at radius 2 is 1.70 bits per heavy atom. The number of unbranched alkanes of at least 4 members (excludes halogenated alkanes) is 2. The van der Waals surface area contributed by atoms with Gasteiger partial charge >= 0.3 is 0 Å². The number of Topliss-reactive ketones (excluding diaryl/α,β-unsaturated/α-hetero) is 1. The molecule has 3 atom stereocenters. The molecule has 4 nitrogen and oxygen atoms in total. The summed E-state index contributed by atoms with van der Waals surface area (Å²) in [5.41, 5.74) is 0.410. The molecule has 0 spiro atoms. The second kappa shape index (κ2) is 8.84. The number of hydrogen-bond acceptors (Lipinski definition) is 4. The van der Waals surface area contributed by atoms with Crippen LogP contribution in [0.1, 0.15) is 49.4 Å². The van der Waals surface area contributed by atoms with Gasteiger partial charge in [-0.3, -0.25) is 4.79 Å². The van der Waals surface area contributed by atoms with Crippen LogP contribution in [0, 0.1) is 0 Å². The molecule has 0 aromatic heterocycles. The van der Waals surface area contributed by atoms with E-state index in [1.165, 1.54) is 0 Å². The van der Waals surface area contributed by atoms with Crippen LogP contribution in [-0.4, -0.2) is 39.4 Å². The van der Waals surface area contributed by atoms with E-state index in [4.69, 9.17) is 0 Å². The van der Waals surface area contributed by atoms with Gasteiger partial charge in [0.1, 0.15) is 6.10 Å². The lowest BCUT2D eigenvalue weighted by molar-refractivity contribution is -0.0130. The molecule has 0 aliphatic heterocycles. The second-order valence-corrected chi connectivity index (χ2v) is 5.11. The Balaban J connectivity index is 2.44. The van der Waals surface area contributed by atoms with Crippen molar-refractivity contribution >= 4 is 5.78 Å². The van der Waals surface area contributed by atoms with Crippen LogP contribution >= 0.6 is 0 Å². The highest BCUT2D eigenvalue weighted by atomic mass is 16.3. The number of rotatable bonds is 9. The third-order valence-electron chi connectivity index (χ3n) is 3.37. The number of benzene rings is 1. The highest BCUT2D eigenvalue weighted by Gasteiger charge is 2.24. The summed E-state index contributed by atoms with van der Waals surface area (Å²) >= 11 is 0. The van der Waals surface area contributed by atoms with E-state index in [2.05, 4.69) is 6.92 Å². The quantitative estimate of drug-likeness (QED) is 0.477. The van der Waals surface area contributed by atoms with Gasteiger partial charge in [-0.2, -0.15) is 0 Å². The van der Waals surface area contributed by atoms with E-state index in [0.29, 0.717) is 12.0 Å². The molecular weight excluding hydrogens is 256 g/mol. The lowest BCUT2D eigenvalue weighted by Crippen LogP contribution is -2.33. The van der Waals surface area contributed by atoms with Gasteiger partial charge in [0.2, 0.25) is 0 Å². The van der Waals surface area contributed by atoms with Gasteiger partial charge in [0.15, 0.2) is 5.78 Å². The van der Waals surface area contributed by atoms with Gasteiger partial charge < -0.3 is 15.3 Å². The van der Waals surface area contributed by atoms with Crippen molar-refractivity contribution in [3.63, 3.8) is 0 Å². The molecule has 0 aliphatic carbocycles. The summed E-state index contributed by atoms with van der Waals surface area (Å²) in [5.74, 6) is -0.426. The summed E-state index contributed by atoms with van der Waals surface area (Å²) in [6.07, 6.45) is -0.0325. The molecule has 0 saturated carbocycles.